The zero-order valence-corrected chi connectivity index (χ0v) is 14.0. The van der Waals surface area contributed by atoms with Crippen LogP contribution in [0.25, 0.3) is 0 Å². The number of nitrogens with zero attached hydrogens (tertiary/aromatic N) is 1. The van der Waals surface area contributed by atoms with Gasteiger partial charge in [0.25, 0.3) is 0 Å². The van der Waals surface area contributed by atoms with E-state index < -0.39 is 0 Å². The van der Waals surface area contributed by atoms with Gasteiger partial charge in [-0.05, 0) is 30.9 Å². The first-order valence-electron chi connectivity index (χ1n) is 8.10. The minimum absolute atomic E-state index is 0.116. The maximum atomic E-state index is 5.42. The van der Waals surface area contributed by atoms with E-state index in [1.165, 1.54) is 11.1 Å². The van der Waals surface area contributed by atoms with Crippen LogP contribution in [0.3, 0.4) is 0 Å². The first-order chi connectivity index (χ1) is 9.96. The molecule has 0 aliphatic carbocycles. The molecule has 1 N–H and O–H groups in total. The average molecular weight is 290 g/mol. The standard InChI is InChI=1S/C18H30N2O/c1-15(2)17-7-5-6-16(12-17)13-19-18(3,4)14-20-8-10-21-11-9-20/h5-7,12,15,19H,8-11,13-14H2,1-4H3. The smallest absolute Gasteiger partial charge is 0.0594 e. The first-order valence-corrected chi connectivity index (χ1v) is 8.10. The van der Waals surface area contributed by atoms with E-state index in [0.29, 0.717) is 5.92 Å². The van der Waals surface area contributed by atoms with Gasteiger partial charge in [-0.1, -0.05) is 38.1 Å². The van der Waals surface area contributed by atoms with Crippen LogP contribution in [0.4, 0.5) is 0 Å². The van der Waals surface area contributed by atoms with Gasteiger partial charge in [-0.15, -0.1) is 0 Å². The molecule has 0 saturated carbocycles. The van der Waals surface area contributed by atoms with Crippen LogP contribution < -0.4 is 5.32 Å². The lowest BCUT2D eigenvalue weighted by Crippen LogP contribution is -2.51. The third-order valence-electron chi connectivity index (χ3n) is 4.11. The highest BCUT2D eigenvalue weighted by Crippen LogP contribution is 2.16. The Morgan fingerprint density at radius 1 is 1.24 bits per heavy atom. The fraction of sp³-hybridized carbons (Fsp3) is 0.667. The number of benzene rings is 1. The number of rotatable bonds is 6. The Morgan fingerprint density at radius 2 is 1.95 bits per heavy atom. The SMILES string of the molecule is CC(C)c1cccc(CNC(C)(C)CN2CCOCC2)c1. The molecule has 1 aromatic carbocycles. The summed E-state index contributed by atoms with van der Waals surface area (Å²) in [6.45, 7) is 14.9. The molecule has 0 unspecified atom stereocenters. The lowest BCUT2D eigenvalue weighted by atomic mass is 9.99. The Labute approximate surface area is 129 Å². The van der Waals surface area contributed by atoms with Crippen molar-refractivity contribution in [2.75, 3.05) is 32.8 Å². The summed E-state index contributed by atoms with van der Waals surface area (Å²) in [5.41, 5.74) is 2.90. The molecule has 21 heavy (non-hydrogen) atoms. The Hall–Kier alpha value is -0.900. The molecule has 0 atom stereocenters. The molecular formula is C18H30N2O. The van der Waals surface area contributed by atoms with Crippen molar-refractivity contribution in [3.8, 4) is 0 Å². The van der Waals surface area contributed by atoms with Crippen molar-refractivity contribution in [3.05, 3.63) is 35.4 Å². The van der Waals surface area contributed by atoms with E-state index in [4.69, 9.17) is 4.74 Å². The van der Waals surface area contributed by atoms with Crippen LogP contribution in [0.2, 0.25) is 0 Å². The summed E-state index contributed by atoms with van der Waals surface area (Å²) in [6, 6.07) is 8.92. The van der Waals surface area contributed by atoms with E-state index in [1.807, 2.05) is 0 Å². The highest BCUT2D eigenvalue weighted by Gasteiger charge is 2.22. The van der Waals surface area contributed by atoms with Crippen molar-refractivity contribution < 1.29 is 4.74 Å². The van der Waals surface area contributed by atoms with Crippen LogP contribution in [-0.2, 0) is 11.3 Å². The molecule has 118 valence electrons. The molecule has 2 rings (SSSR count). The second-order valence-corrected chi connectivity index (χ2v) is 7.03. The van der Waals surface area contributed by atoms with E-state index in [1.54, 1.807) is 0 Å². The average Bonchev–Trinajstić information content (AvgIpc) is 2.46. The lowest BCUT2D eigenvalue weighted by molar-refractivity contribution is 0.0269. The quantitative estimate of drug-likeness (QED) is 0.871. The Bertz CT molecular complexity index is 437. The third-order valence-corrected chi connectivity index (χ3v) is 4.11. The topological polar surface area (TPSA) is 24.5 Å². The molecule has 0 aromatic heterocycles. The van der Waals surface area contributed by atoms with Crippen molar-refractivity contribution in [2.45, 2.75) is 45.7 Å². The lowest BCUT2D eigenvalue weighted by Gasteiger charge is -2.35. The number of morpholine rings is 1. The van der Waals surface area contributed by atoms with Gasteiger partial charge in [0.1, 0.15) is 0 Å². The third kappa shape index (κ3) is 5.42. The molecule has 1 saturated heterocycles. The summed E-state index contributed by atoms with van der Waals surface area (Å²) in [4.78, 5) is 2.49. The van der Waals surface area contributed by atoms with Crippen molar-refractivity contribution >= 4 is 0 Å². The molecule has 1 heterocycles. The van der Waals surface area contributed by atoms with Gasteiger partial charge < -0.3 is 10.1 Å². The fourth-order valence-corrected chi connectivity index (χ4v) is 2.78. The van der Waals surface area contributed by atoms with Gasteiger partial charge in [0.15, 0.2) is 0 Å². The number of hydrogen-bond acceptors (Lipinski definition) is 3. The van der Waals surface area contributed by atoms with Gasteiger partial charge in [-0.3, -0.25) is 4.90 Å². The highest BCUT2D eigenvalue weighted by atomic mass is 16.5. The van der Waals surface area contributed by atoms with Crippen LogP contribution in [-0.4, -0.2) is 43.3 Å². The van der Waals surface area contributed by atoms with Gasteiger partial charge >= 0.3 is 0 Å². The largest absolute Gasteiger partial charge is 0.379 e. The molecule has 0 spiro atoms. The molecule has 0 radical (unpaired) electrons. The van der Waals surface area contributed by atoms with Gasteiger partial charge in [0, 0.05) is 31.7 Å². The van der Waals surface area contributed by atoms with Crippen molar-refractivity contribution in [1.82, 2.24) is 10.2 Å². The van der Waals surface area contributed by atoms with E-state index in [-0.39, 0.29) is 5.54 Å². The van der Waals surface area contributed by atoms with Crippen LogP contribution in [0, 0.1) is 0 Å². The predicted molar refractivity (Wildman–Crippen MR) is 88.7 cm³/mol. The summed E-state index contributed by atoms with van der Waals surface area (Å²) in [6.07, 6.45) is 0. The van der Waals surface area contributed by atoms with E-state index in [9.17, 15) is 0 Å². The molecule has 0 bridgehead atoms. The molecule has 1 aliphatic rings. The van der Waals surface area contributed by atoms with Crippen molar-refractivity contribution in [1.29, 1.82) is 0 Å². The molecule has 0 amide bonds. The highest BCUT2D eigenvalue weighted by molar-refractivity contribution is 5.25. The fourth-order valence-electron chi connectivity index (χ4n) is 2.78. The Balaban J connectivity index is 1.86. The number of ether oxygens (including phenoxy) is 1. The maximum absolute atomic E-state index is 5.42. The van der Waals surface area contributed by atoms with Crippen LogP contribution in [0.5, 0.6) is 0 Å². The molecule has 1 aromatic rings. The zero-order valence-electron chi connectivity index (χ0n) is 14.0. The van der Waals surface area contributed by atoms with E-state index in [0.717, 1.165) is 39.4 Å². The normalized spacial score (nSPS) is 17.4. The van der Waals surface area contributed by atoms with Gasteiger partial charge in [-0.25, -0.2) is 0 Å². The van der Waals surface area contributed by atoms with Crippen LogP contribution in [0.15, 0.2) is 24.3 Å². The first kappa shape index (κ1) is 16.5. The molecule has 3 nitrogen and oxygen atoms in total. The molecule has 3 heteroatoms. The number of hydrogen-bond donors (Lipinski definition) is 1. The second kappa shape index (κ2) is 7.39. The number of nitrogens with one attached hydrogen (secondary N) is 1. The Morgan fingerprint density at radius 3 is 2.62 bits per heavy atom. The molecule has 1 fully saturated rings. The second-order valence-electron chi connectivity index (χ2n) is 7.03. The summed E-state index contributed by atoms with van der Waals surface area (Å²) in [5, 5.41) is 3.71. The summed E-state index contributed by atoms with van der Waals surface area (Å²) >= 11 is 0. The van der Waals surface area contributed by atoms with E-state index >= 15 is 0 Å². The predicted octanol–water partition coefficient (Wildman–Crippen LogP) is 3.01. The zero-order chi connectivity index (χ0) is 15.3. The maximum Gasteiger partial charge on any atom is 0.0594 e. The minimum Gasteiger partial charge on any atom is -0.379 e. The van der Waals surface area contributed by atoms with Crippen molar-refractivity contribution in [2.24, 2.45) is 0 Å². The summed E-state index contributed by atoms with van der Waals surface area (Å²) in [7, 11) is 0. The van der Waals surface area contributed by atoms with Crippen LogP contribution in [0.1, 0.15) is 44.7 Å². The van der Waals surface area contributed by atoms with E-state index in [2.05, 4.69) is 62.2 Å². The van der Waals surface area contributed by atoms with Gasteiger partial charge in [0.2, 0.25) is 0 Å². The van der Waals surface area contributed by atoms with Crippen molar-refractivity contribution in [3.63, 3.8) is 0 Å². The monoisotopic (exact) mass is 290 g/mol. The van der Waals surface area contributed by atoms with Crippen LogP contribution >= 0.6 is 0 Å². The minimum atomic E-state index is 0.116. The summed E-state index contributed by atoms with van der Waals surface area (Å²) in [5.74, 6) is 0.589. The van der Waals surface area contributed by atoms with Gasteiger partial charge in [-0.2, -0.15) is 0 Å². The van der Waals surface area contributed by atoms with Gasteiger partial charge in [0.05, 0.1) is 13.2 Å². The molecule has 1 aliphatic heterocycles. The summed E-state index contributed by atoms with van der Waals surface area (Å²) < 4.78 is 5.42. The Kier molecular flexibility index (Phi) is 5.80. The molecular weight excluding hydrogens is 260 g/mol.